The molecule has 2 fully saturated rings. The van der Waals surface area contributed by atoms with Crippen LogP contribution in [0.25, 0.3) is 0 Å². The Hall–Kier alpha value is -1.08. The van der Waals surface area contributed by atoms with Gasteiger partial charge in [-0.3, -0.25) is 0 Å². The van der Waals surface area contributed by atoms with E-state index in [1.807, 2.05) is 0 Å². The van der Waals surface area contributed by atoms with E-state index in [9.17, 15) is 0 Å². The number of rotatable bonds is 11. The van der Waals surface area contributed by atoms with E-state index in [1.54, 1.807) is 5.56 Å². The highest BCUT2D eigenvalue weighted by Crippen LogP contribution is 2.44. The normalized spacial score (nSPS) is 27.6. The Kier molecular flexibility index (Phi) is 9.80. The van der Waals surface area contributed by atoms with E-state index in [0.29, 0.717) is 0 Å². The highest BCUT2D eigenvalue weighted by molar-refractivity contribution is 5.25. The Bertz CT molecular complexity index is 558. The van der Waals surface area contributed by atoms with E-state index < -0.39 is 0 Å². The van der Waals surface area contributed by atoms with Crippen molar-refractivity contribution >= 4 is 0 Å². The molecule has 0 spiro atoms. The first-order chi connectivity index (χ1) is 14.3. The largest absolute Gasteiger partial charge is 0.377 e. The van der Waals surface area contributed by atoms with Gasteiger partial charge in [-0.25, -0.2) is 0 Å². The van der Waals surface area contributed by atoms with Crippen LogP contribution in [0.15, 0.2) is 36.9 Å². The monoisotopic (exact) mass is 396 g/mol. The molecule has 2 aliphatic rings. The molecule has 2 aliphatic carbocycles. The van der Waals surface area contributed by atoms with E-state index in [4.69, 9.17) is 4.74 Å². The van der Waals surface area contributed by atoms with Gasteiger partial charge in [0.25, 0.3) is 0 Å². The van der Waals surface area contributed by atoms with Gasteiger partial charge in [-0.05, 0) is 92.6 Å². The summed E-state index contributed by atoms with van der Waals surface area (Å²) in [6.07, 6.45) is 20.0. The van der Waals surface area contributed by atoms with Crippen molar-refractivity contribution in [1.82, 2.24) is 0 Å². The predicted octanol–water partition coefficient (Wildman–Crippen LogP) is 8.44. The molecule has 0 amide bonds. The molecule has 2 saturated carbocycles. The minimum absolute atomic E-state index is 0.770. The highest BCUT2D eigenvalue weighted by atomic mass is 16.5. The molecule has 0 unspecified atom stereocenters. The van der Waals surface area contributed by atoms with Crippen LogP contribution in [0, 0.1) is 17.8 Å². The lowest BCUT2D eigenvalue weighted by Crippen LogP contribution is -2.25. The van der Waals surface area contributed by atoms with Gasteiger partial charge in [-0.1, -0.05) is 62.9 Å². The summed E-state index contributed by atoms with van der Waals surface area (Å²) in [4.78, 5) is 0. The van der Waals surface area contributed by atoms with Gasteiger partial charge in [0, 0.05) is 6.61 Å². The molecule has 1 nitrogen and oxygen atoms in total. The summed E-state index contributed by atoms with van der Waals surface area (Å²) < 4.78 is 5.81. The van der Waals surface area contributed by atoms with E-state index in [0.717, 1.165) is 36.9 Å². The first kappa shape index (κ1) is 22.6. The van der Waals surface area contributed by atoms with Gasteiger partial charge in [-0.15, -0.1) is 6.58 Å². The van der Waals surface area contributed by atoms with Crippen LogP contribution in [0.5, 0.6) is 0 Å². The number of allylic oxidation sites excluding steroid dienone is 1. The topological polar surface area (TPSA) is 9.23 Å². The van der Waals surface area contributed by atoms with Gasteiger partial charge >= 0.3 is 0 Å². The minimum Gasteiger partial charge on any atom is -0.377 e. The third-order valence-corrected chi connectivity index (χ3v) is 7.72. The first-order valence-electron chi connectivity index (χ1n) is 12.6. The average molecular weight is 397 g/mol. The van der Waals surface area contributed by atoms with Crippen LogP contribution in [0.3, 0.4) is 0 Å². The van der Waals surface area contributed by atoms with Gasteiger partial charge in [0.15, 0.2) is 0 Å². The highest BCUT2D eigenvalue weighted by Gasteiger charge is 2.31. The molecule has 0 radical (unpaired) electrons. The number of ether oxygens (including phenoxy) is 1. The van der Waals surface area contributed by atoms with Crippen LogP contribution in [-0.4, -0.2) is 6.61 Å². The number of unbranched alkanes of at least 4 members (excludes halogenated alkanes) is 2. The Balaban J connectivity index is 1.36. The van der Waals surface area contributed by atoms with Crippen LogP contribution < -0.4 is 0 Å². The van der Waals surface area contributed by atoms with Gasteiger partial charge in [0.2, 0.25) is 0 Å². The third kappa shape index (κ3) is 7.28. The molecule has 162 valence electrons. The lowest BCUT2D eigenvalue weighted by atomic mass is 9.68. The van der Waals surface area contributed by atoms with Crippen LogP contribution in [0.2, 0.25) is 0 Å². The SMILES string of the molecule is C=CCCC1CCC(C2CCC(c3ccc(COCCCCC)cc3)CC2)CC1. The van der Waals surface area contributed by atoms with Gasteiger partial charge in [0.1, 0.15) is 0 Å². The maximum atomic E-state index is 5.81. The molecule has 0 aromatic heterocycles. The maximum absolute atomic E-state index is 5.81. The number of hydrogen-bond donors (Lipinski definition) is 0. The molecule has 1 aromatic rings. The Morgan fingerprint density at radius 1 is 0.897 bits per heavy atom. The van der Waals surface area contributed by atoms with Gasteiger partial charge < -0.3 is 4.74 Å². The van der Waals surface area contributed by atoms with Crippen LogP contribution in [0.1, 0.15) is 107 Å². The fourth-order valence-corrected chi connectivity index (χ4v) is 5.76. The van der Waals surface area contributed by atoms with E-state index in [1.165, 1.54) is 89.0 Å². The molecule has 0 atom stereocenters. The fraction of sp³-hybridized carbons (Fsp3) is 0.714. The second kappa shape index (κ2) is 12.6. The Morgan fingerprint density at radius 3 is 2.17 bits per heavy atom. The molecular formula is C28H44O. The maximum Gasteiger partial charge on any atom is 0.0716 e. The second-order valence-corrected chi connectivity index (χ2v) is 9.76. The predicted molar refractivity (Wildman–Crippen MR) is 125 cm³/mol. The minimum atomic E-state index is 0.770. The molecule has 0 aliphatic heterocycles. The molecule has 0 N–H and O–H groups in total. The summed E-state index contributed by atoms with van der Waals surface area (Å²) in [5, 5.41) is 0. The van der Waals surface area contributed by atoms with Gasteiger partial charge in [-0.2, -0.15) is 0 Å². The Labute approximate surface area is 180 Å². The lowest BCUT2D eigenvalue weighted by molar-refractivity contribution is 0.117. The Morgan fingerprint density at radius 2 is 1.55 bits per heavy atom. The molecule has 0 saturated heterocycles. The zero-order valence-corrected chi connectivity index (χ0v) is 18.9. The van der Waals surface area contributed by atoms with Crippen molar-refractivity contribution in [2.45, 2.75) is 103 Å². The van der Waals surface area contributed by atoms with Crippen molar-refractivity contribution in [3.63, 3.8) is 0 Å². The summed E-state index contributed by atoms with van der Waals surface area (Å²) in [6, 6.07) is 9.35. The van der Waals surface area contributed by atoms with Crippen molar-refractivity contribution in [2.75, 3.05) is 6.61 Å². The summed E-state index contributed by atoms with van der Waals surface area (Å²) in [5.74, 6) is 3.79. The van der Waals surface area contributed by atoms with Crippen molar-refractivity contribution < 1.29 is 4.74 Å². The zero-order chi connectivity index (χ0) is 20.3. The van der Waals surface area contributed by atoms with Crippen molar-refractivity contribution in [1.29, 1.82) is 0 Å². The van der Waals surface area contributed by atoms with E-state index >= 15 is 0 Å². The molecular weight excluding hydrogens is 352 g/mol. The number of hydrogen-bond acceptors (Lipinski definition) is 1. The summed E-state index contributed by atoms with van der Waals surface area (Å²) in [5.41, 5.74) is 2.89. The van der Waals surface area contributed by atoms with E-state index in [2.05, 4.69) is 43.8 Å². The second-order valence-electron chi connectivity index (χ2n) is 9.76. The molecule has 0 bridgehead atoms. The smallest absolute Gasteiger partial charge is 0.0716 e. The van der Waals surface area contributed by atoms with Crippen LogP contribution in [-0.2, 0) is 11.3 Å². The molecule has 29 heavy (non-hydrogen) atoms. The average Bonchev–Trinajstić information content (AvgIpc) is 2.78. The quantitative estimate of drug-likeness (QED) is 0.269. The third-order valence-electron chi connectivity index (χ3n) is 7.72. The zero-order valence-electron chi connectivity index (χ0n) is 18.9. The van der Waals surface area contributed by atoms with Gasteiger partial charge in [0.05, 0.1) is 6.61 Å². The summed E-state index contributed by atoms with van der Waals surface area (Å²) >= 11 is 0. The molecule has 1 heteroatoms. The van der Waals surface area contributed by atoms with E-state index in [-0.39, 0.29) is 0 Å². The fourth-order valence-electron chi connectivity index (χ4n) is 5.76. The molecule has 1 aromatic carbocycles. The van der Waals surface area contributed by atoms with Crippen molar-refractivity contribution in [3.8, 4) is 0 Å². The summed E-state index contributed by atoms with van der Waals surface area (Å²) in [7, 11) is 0. The molecule has 3 rings (SSSR count). The van der Waals surface area contributed by atoms with Crippen molar-refractivity contribution in [3.05, 3.63) is 48.0 Å². The standard InChI is InChI=1S/C28H44O/c1-3-5-7-21-29-22-24-11-15-26(16-12-24)28-19-17-27(18-20-28)25-13-9-23(10-14-25)8-6-4-2/h4,11-12,15-16,23,25,27-28H,2-3,5-10,13-14,17-22H2,1H3. The van der Waals surface area contributed by atoms with Crippen LogP contribution in [0.4, 0.5) is 0 Å². The number of benzene rings is 1. The first-order valence-corrected chi connectivity index (χ1v) is 12.6. The van der Waals surface area contributed by atoms with Crippen molar-refractivity contribution in [2.24, 2.45) is 17.8 Å². The van der Waals surface area contributed by atoms with Crippen LogP contribution >= 0.6 is 0 Å². The molecule has 0 heterocycles. The lowest BCUT2D eigenvalue weighted by Gasteiger charge is -2.38. The summed E-state index contributed by atoms with van der Waals surface area (Å²) in [6.45, 7) is 7.79.